The number of thioether (sulfide) groups is 1. The summed E-state index contributed by atoms with van der Waals surface area (Å²) in [5.41, 5.74) is 4.55. The smallest absolute Gasteiger partial charge is 1.00 e. The van der Waals surface area contributed by atoms with Gasteiger partial charge in [-0.1, -0.05) is 62.6 Å². The molecule has 6 nitrogen and oxygen atoms in total. The molecule has 3 rings (SSSR count). The molecule has 8 heteroatoms. The molecule has 0 saturated heterocycles. The molecule has 0 radical (unpaired) electrons. The van der Waals surface area contributed by atoms with Gasteiger partial charge in [-0.3, -0.25) is 9.59 Å². The van der Waals surface area contributed by atoms with Crippen molar-refractivity contribution >= 4 is 30.0 Å². The molecule has 1 unspecified atom stereocenters. The van der Waals surface area contributed by atoms with Gasteiger partial charge in [0.2, 0.25) is 6.41 Å². The number of hydrogen-bond donors (Lipinski definition) is 3. The Morgan fingerprint density at radius 1 is 1.14 bits per heavy atom. The Hall–Kier alpha value is -2.20. The molecule has 1 aliphatic rings. The number of aryl methyl sites for hydroxylation is 2. The van der Waals surface area contributed by atoms with E-state index in [-0.39, 0.29) is 26.2 Å². The Kier molecular flexibility index (Phi) is 15.3. The van der Waals surface area contributed by atoms with E-state index in [1.807, 2.05) is 49.6 Å². The number of carbonyl (C=O) groups excluding carboxylic acids is 2. The normalized spacial score (nSPS) is 13.9. The van der Waals surface area contributed by atoms with Gasteiger partial charge in [0.1, 0.15) is 6.04 Å². The molecule has 0 bridgehead atoms. The first-order chi connectivity index (χ1) is 16.9. The monoisotopic (exact) mass is 506 g/mol. The number of aliphatic carboxylic acids is 1. The van der Waals surface area contributed by atoms with Crippen molar-refractivity contribution in [2.75, 3.05) is 12.0 Å². The van der Waals surface area contributed by atoms with Gasteiger partial charge in [-0.2, -0.15) is 11.8 Å². The zero-order valence-corrected chi connectivity index (χ0v) is 22.8. The van der Waals surface area contributed by atoms with Gasteiger partial charge in [0.15, 0.2) is 0 Å². The summed E-state index contributed by atoms with van der Waals surface area (Å²) in [6.45, 7) is 4.08. The predicted molar refractivity (Wildman–Crippen MR) is 145 cm³/mol. The molecule has 0 heterocycles. The summed E-state index contributed by atoms with van der Waals surface area (Å²) in [6.07, 6.45) is 10.3. The summed E-state index contributed by atoms with van der Waals surface area (Å²) in [6, 6.07) is 13.2. The first-order valence-corrected chi connectivity index (χ1v) is 13.7. The quantitative estimate of drug-likeness (QED) is 0.340. The van der Waals surface area contributed by atoms with E-state index in [1.165, 1.54) is 32.1 Å². The number of hydrogen-bond acceptors (Lipinski definition) is 4. The van der Waals surface area contributed by atoms with Crippen LogP contribution in [0.2, 0.25) is 0 Å². The van der Waals surface area contributed by atoms with Gasteiger partial charge in [-0.25, -0.2) is 4.79 Å². The Labute approximate surface area is 233 Å². The molecule has 36 heavy (non-hydrogen) atoms. The van der Waals surface area contributed by atoms with Crippen LogP contribution in [0.25, 0.3) is 11.1 Å². The minimum atomic E-state index is -1.00. The van der Waals surface area contributed by atoms with Crippen LogP contribution in [0, 0.1) is 6.92 Å². The average molecular weight is 507 g/mol. The molecule has 1 saturated carbocycles. The molecule has 0 aromatic heterocycles. The van der Waals surface area contributed by atoms with E-state index >= 15 is 0 Å². The van der Waals surface area contributed by atoms with Crippen LogP contribution >= 0.6 is 11.8 Å². The van der Waals surface area contributed by atoms with Crippen LogP contribution < -0.4 is 29.5 Å². The fraction of sp³-hybridized carbons (Fsp3) is 0.464. The maximum Gasteiger partial charge on any atom is 1.00 e. The van der Waals surface area contributed by atoms with Crippen LogP contribution in [0.3, 0.4) is 0 Å². The minimum absolute atomic E-state index is 0. The van der Waals surface area contributed by atoms with Gasteiger partial charge < -0.3 is 17.2 Å². The van der Waals surface area contributed by atoms with Crippen molar-refractivity contribution in [1.29, 1.82) is 0 Å². The fourth-order valence-corrected chi connectivity index (χ4v) is 4.67. The Bertz CT molecular complexity index is 986. The van der Waals surface area contributed by atoms with Crippen molar-refractivity contribution in [3.63, 3.8) is 0 Å². The van der Waals surface area contributed by atoms with Crippen molar-refractivity contribution in [3.8, 4) is 11.1 Å². The van der Waals surface area contributed by atoms with Crippen molar-refractivity contribution in [1.82, 2.24) is 10.6 Å². The molecule has 2 aromatic rings. The maximum atomic E-state index is 12.8. The molecule has 1 fully saturated rings. The van der Waals surface area contributed by atoms with E-state index < -0.39 is 12.0 Å². The van der Waals surface area contributed by atoms with Gasteiger partial charge in [-0.05, 0) is 72.9 Å². The predicted octanol–water partition coefficient (Wildman–Crippen LogP) is 2.34. The maximum absolute atomic E-state index is 12.8. The zero-order valence-electron chi connectivity index (χ0n) is 23.0. The van der Waals surface area contributed by atoms with E-state index in [4.69, 9.17) is 0 Å². The second kappa shape index (κ2) is 17.3. The van der Waals surface area contributed by atoms with E-state index in [0.29, 0.717) is 23.8 Å². The van der Waals surface area contributed by atoms with Crippen LogP contribution in [0.4, 0.5) is 0 Å². The van der Waals surface area contributed by atoms with Gasteiger partial charge >= 0.3 is 24.8 Å². The van der Waals surface area contributed by atoms with Crippen LogP contribution in [-0.4, -0.2) is 47.5 Å². The SMILES string of the molecule is CCc1ccc(C(=O)NC(CCSC)C(=O)O)c(-c2ccccc2C)c1.O=CNC1CCCCC1.[H-].[Li+]. The average Bonchev–Trinajstić information content (AvgIpc) is 2.87. The van der Waals surface area contributed by atoms with E-state index in [1.54, 1.807) is 17.8 Å². The van der Waals surface area contributed by atoms with Gasteiger partial charge in [0.05, 0.1) is 0 Å². The third kappa shape index (κ3) is 10.0. The molecule has 1 aliphatic carbocycles. The number of carbonyl (C=O) groups is 3. The zero-order chi connectivity index (χ0) is 25.6. The van der Waals surface area contributed by atoms with Crippen LogP contribution in [0.5, 0.6) is 0 Å². The first-order valence-electron chi connectivity index (χ1n) is 12.3. The summed E-state index contributed by atoms with van der Waals surface area (Å²) in [5.74, 6) is -0.675. The van der Waals surface area contributed by atoms with E-state index in [2.05, 4.69) is 17.6 Å². The molecule has 192 valence electrons. The molecular formula is C28H39LiN2O4S. The first kappa shape index (κ1) is 31.8. The summed E-state index contributed by atoms with van der Waals surface area (Å²) >= 11 is 1.56. The third-order valence-electron chi connectivity index (χ3n) is 6.30. The molecule has 0 aliphatic heterocycles. The molecule has 2 amide bonds. The second-order valence-electron chi connectivity index (χ2n) is 8.81. The molecular weight excluding hydrogens is 467 g/mol. The number of benzene rings is 2. The molecule has 2 aromatic carbocycles. The summed E-state index contributed by atoms with van der Waals surface area (Å²) < 4.78 is 0. The topological polar surface area (TPSA) is 95.5 Å². The van der Waals surface area contributed by atoms with Gasteiger partial charge in [0, 0.05) is 11.6 Å². The Balaban J connectivity index is 0.000000999. The van der Waals surface area contributed by atoms with Crippen LogP contribution in [0.1, 0.15) is 68.4 Å². The van der Waals surface area contributed by atoms with E-state index in [0.717, 1.165) is 35.1 Å². The minimum Gasteiger partial charge on any atom is -1.00 e. The number of rotatable bonds is 10. The largest absolute Gasteiger partial charge is 1.00 e. The fourth-order valence-electron chi connectivity index (χ4n) is 4.20. The standard InChI is InChI=1S/C21H25NO3S.C7H13NO.Li.H/c1-4-15-9-10-17(18(13-15)16-8-6-5-7-14(16)2)20(23)22-19(21(24)25)11-12-26-3;9-6-8-7-4-2-1-3-5-7;;/h5-10,13,19H,4,11-12H2,1-3H3,(H,22,23)(H,24,25);6-7H,1-5H2,(H,8,9);;/q;;+1;-1. The van der Waals surface area contributed by atoms with Crippen molar-refractivity contribution in [3.05, 3.63) is 59.2 Å². The molecule has 3 N–H and O–H groups in total. The summed E-state index contributed by atoms with van der Waals surface area (Å²) in [5, 5.41) is 14.9. The third-order valence-corrected chi connectivity index (χ3v) is 6.94. The molecule has 1 atom stereocenters. The number of nitrogens with one attached hydrogen (secondary N) is 2. The summed E-state index contributed by atoms with van der Waals surface area (Å²) in [4.78, 5) is 34.3. The van der Waals surface area contributed by atoms with Crippen molar-refractivity contribution < 1.29 is 39.8 Å². The van der Waals surface area contributed by atoms with Crippen LogP contribution in [0.15, 0.2) is 42.5 Å². The number of carboxylic acid groups (broad SMARTS) is 1. The van der Waals surface area contributed by atoms with Crippen LogP contribution in [-0.2, 0) is 16.0 Å². The Morgan fingerprint density at radius 2 is 1.83 bits per heavy atom. The molecule has 0 spiro atoms. The van der Waals surface area contributed by atoms with E-state index in [9.17, 15) is 19.5 Å². The number of carboxylic acids is 1. The van der Waals surface area contributed by atoms with Gasteiger partial charge in [0.25, 0.3) is 5.91 Å². The Morgan fingerprint density at radius 3 is 2.42 bits per heavy atom. The summed E-state index contributed by atoms with van der Waals surface area (Å²) in [7, 11) is 0. The number of amides is 2. The van der Waals surface area contributed by atoms with Crippen molar-refractivity contribution in [2.24, 2.45) is 0 Å². The van der Waals surface area contributed by atoms with Crippen molar-refractivity contribution in [2.45, 2.75) is 70.9 Å². The van der Waals surface area contributed by atoms with Gasteiger partial charge in [-0.15, -0.1) is 0 Å². The second-order valence-corrected chi connectivity index (χ2v) is 9.80.